The molecule has 0 fully saturated rings. The molecule has 1 heterocycles. The zero-order chi connectivity index (χ0) is 22.8. The zero-order valence-electron chi connectivity index (χ0n) is 20.1. The maximum Gasteiger partial charge on any atom is 0.0543 e. The fourth-order valence-corrected chi connectivity index (χ4v) is 4.21. The summed E-state index contributed by atoms with van der Waals surface area (Å²) in [5, 5.41) is 7.29. The van der Waals surface area contributed by atoms with Gasteiger partial charge in [0.1, 0.15) is 0 Å². The second-order valence-electron chi connectivity index (χ2n) is 8.69. The molecule has 0 aliphatic rings. The SMILES string of the molecule is Cc1cccc(C)c1NCCCN(CCCNc1c(C)cccc1C)Cc1ccccn1. The highest BCUT2D eigenvalue weighted by atomic mass is 15.1. The molecular formula is C28H38N4. The van der Waals surface area contributed by atoms with Crippen LogP contribution < -0.4 is 10.6 Å². The highest BCUT2D eigenvalue weighted by Crippen LogP contribution is 2.20. The Hall–Kier alpha value is -2.85. The second-order valence-corrected chi connectivity index (χ2v) is 8.69. The minimum Gasteiger partial charge on any atom is -0.385 e. The van der Waals surface area contributed by atoms with Crippen molar-refractivity contribution in [2.24, 2.45) is 0 Å². The van der Waals surface area contributed by atoms with Crippen LogP contribution in [0.1, 0.15) is 40.8 Å². The molecule has 2 aromatic carbocycles. The molecule has 32 heavy (non-hydrogen) atoms. The van der Waals surface area contributed by atoms with E-state index in [2.05, 4.69) is 96.7 Å². The van der Waals surface area contributed by atoms with Crippen molar-refractivity contribution in [3.8, 4) is 0 Å². The first-order valence-electron chi connectivity index (χ1n) is 11.8. The minimum atomic E-state index is 0.896. The number of para-hydroxylation sites is 2. The van der Waals surface area contributed by atoms with Crippen molar-refractivity contribution in [3.63, 3.8) is 0 Å². The van der Waals surface area contributed by atoms with Gasteiger partial charge in [0, 0.05) is 50.3 Å². The molecule has 2 N–H and O–H groups in total. The molecule has 4 heteroatoms. The van der Waals surface area contributed by atoms with E-state index in [-0.39, 0.29) is 0 Å². The van der Waals surface area contributed by atoms with Gasteiger partial charge in [-0.15, -0.1) is 0 Å². The van der Waals surface area contributed by atoms with Crippen LogP contribution in [0, 0.1) is 27.7 Å². The van der Waals surface area contributed by atoms with Gasteiger partial charge in [-0.25, -0.2) is 0 Å². The molecule has 170 valence electrons. The number of hydrogen-bond donors (Lipinski definition) is 2. The summed E-state index contributed by atoms with van der Waals surface area (Å²) in [6.07, 6.45) is 4.09. The van der Waals surface area contributed by atoms with Gasteiger partial charge in [-0.1, -0.05) is 42.5 Å². The molecule has 0 spiro atoms. The molecule has 4 nitrogen and oxygen atoms in total. The Morgan fingerprint density at radius 3 is 1.59 bits per heavy atom. The number of nitrogens with zero attached hydrogens (tertiary/aromatic N) is 2. The Balaban J connectivity index is 1.50. The van der Waals surface area contributed by atoms with E-state index in [9.17, 15) is 0 Å². The highest BCUT2D eigenvalue weighted by molar-refractivity contribution is 5.57. The molecule has 3 rings (SSSR count). The normalized spacial score (nSPS) is 11.0. The Morgan fingerprint density at radius 2 is 1.16 bits per heavy atom. The van der Waals surface area contributed by atoms with Crippen molar-refractivity contribution in [1.82, 2.24) is 9.88 Å². The predicted molar refractivity (Wildman–Crippen MR) is 138 cm³/mol. The van der Waals surface area contributed by atoms with E-state index < -0.39 is 0 Å². The summed E-state index contributed by atoms with van der Waals surface area (Å²) >= 11 is 0. The van der Waals surface area contributed by atoms with Gasteiger partial charge < -0.3 is 10.6 Å². The molecule has 0 aliphatic carbocycles. The molecule has 0 atom stereocenters. The molecule has 0 unspecified atom stereocenters. The molecule has 1 aromatic heterocycles. The van der Waals surface area contributed by atoms with Crippen LogP contribution in [-0.2, 0) is 6.54 Å². The molecule has 0 amide bonds. The van der Waals surface area contributed by atoms with Crippen LogP contribution in [-0.4, -0.2) is 36.1 Å². The van der Waals surface area contributed by atoms with Crippen molar-refractivity contribution < 1.29 is 0 Å². The van der Waals surface area contributed by atoms with E-state index in [1.165, 1.54) is 33.6 Å². The largest absolute Gasteiger partial charge is 0.385 e. The summed E-state index contributed by atoms with van der Waals surface area (Å²) in [5.74, 6) is 0. The van der Waals surface area contributed by atoms with Gasteiger partial charge >= 0.3 is 0 Å². The van der Waals surface area contributed by atoms with E-state index >= 15 is 0 Å². The van der Waals surface area contributed by atoms with Crippen LogP contribution >= 0.6 is 0 Å². The van der Waals surface area contributed by atoms with Crippen LogP contribution in [0.15, 0.2) is 60.8 Å². The molecule has 0 saturated carbocycles. The van der Waals surface area contributed by atoms with E-state index in [0.29, 0.717) is 0 Å². The van der Waals surface area contributed by atoms with Gasteiger partial charge in [0.25, 0.3) is 0 Å². The number of anilines is 2. The average Bonchev–Trinajstić information content (AvgIpc) is 2.78. The lowest BCUT2D eigenvalue weighted by molar-refractivity contribution is 0.260. The van der Waals surface area contributed by atoms with Gasteiger partial charge in [-0.3, -0.25) is 9.88 Å². The summed E-state index contributed by atoms with van der Waals surface area (Å²) in [4.78, 5) is 7.07. The fourth-order valence-electron chi connectivity index (χ4n) is 4.21. The first-order chi connectivity index (χ1) is 15.5. The van der Waals surface area contributed by atoms with Crippen LogP contribution in [0.2, 0.25) is 0 Å². The lowest BCUT2D eigenvalue weighted by Crippen LogP contribution is -2.28. The first-order valence-corrected chi connectivity index (χ1v) is 11.8. The Kier molecular flexibility index (Phi) is 9.12. The smallest absolute Gasteiger partial charge is 0.0543 e. The standard InChI is InChI=1S/C28H38N4/c1-22-11-7-12-23(2)27(22)30-17-9-19-32(21-26-15-5-6-16-29-26)20-10-18-31-28-24(3)13-8-14-25(28)4/h5-8,11-16,30-31H,9-10,17-21H2,1-4H3. The third kappa shape index (κ3) is 7.10. The van der Waals surface area contributed by atoms with E-state index in [0.717, 1.165) is 51.3 Å². The monoisotopic (exact) mass is 430 g/mol. The summed E-state index contributed by atoms with van der Waals surface area (Å²) in [6, 6.07) is 19.1. The van der Waals surface area contributed by atoms with Crippen molar-refractivity contribution in [1.29, 1.82) is 0 Å². The Morgan fingerprint density at radius 1 is 0.656 bits per heavy atom. The Bertz CT molecular complexity index is 868. The lowest BCUT2D eigenvalue weighted by Gasteiger charge is -2.23. The van der Waals surface area contributed by atoms with E-state index in [1.54, 1.807) is 0 Å². The zero-order valence-corrected chi connectivity index (χ0v) is 20.1. The predicted octanol–water partition coefficient (Wildman–Crippen LogP) is 6.12. The summed E-state index contributed by atoms with van der Waals surface area (Å²) in [7, 11) is 0. The van der Waals surface area contributed by atoms with E-state index in [1.807, 2.05) is 12.3 Å². The quantitative estimate of drug-likeness (QED) is 0.340. The van der Waals surface area contributed by atoms with Gasteiger partial charge in [0.15, 0.2) is 0 Å². The van der Waals surface area contributed by atoms with Crippen molar-refractivity contribution in [2.45, 2.75) is 47.1 Å². The second kappa shape index (κ2) is 12.3. The third-order valence-corrected chi connectivity index (χ3v) is 5.98. The number of rotatable bonds is 12. The number of nitrogens with one attached hydrogen (secondary N) is 2. The maximum atomic E-state index is 4.54. The number of hydrogen-bond acceptors (Lipinski definition) is 4. The first kappa shape index (κ1) is 23.8. The lowest BCUT2D eigenvalue weighted by atomic mass is 10.1. The van der Waals surface area contributed by atoms with Gasteiger partial charge in [0.05, 0.1) is 5.69 Å². The highest BCUT2D eigenvalue weighted by Gasteiger charge is 2.08. The molecule has 0 radical (unpaired) electrons. The summed E-state index contributed by atoms with van der Waals surface area (Å²) < 4.78 is 0. The molecule has 3 aromatic rings. The third-order valence-electron chi connectivity index (χ3n) is 5.98. The average molecular weight is 431 g/mol. The van der Waals surface area contributed by atoms with Crippen LogP contribution in [0.3, 0.4) is 0 Å². The van der Waals surface area contributed by atoms with Gasteiger partial charge in [-0.2, -0.15) is 0 Å². The van der Waals surface area contributed by atoms with Crippen LogP contribution in [0.25, 0.3) is 0 Å². The number of aryl methyl sites for hydroxylation is 4. The number of aromatic nitrogens is 1. The van der Waals surface area contributed by atoms with Crippen LogP contribution in [0.5, 0.6) is 0 Å². The fraction of sp³-hybridized carbons (Fsp3) is 0.393. The van der Waals surface area contributed by atoms with Gasteiger partial charge in [0.2, 0.25) is 0 Å². The van der Waals surface area contributed by atoms with Crippen molar-refractivity contribution in [3.05, 3.63) is 88.7 Å². The number of benzene rings is 2. The van der Waals surface area contributed by atoms with E-state index in [4.69, 9.17) is 0 Å². The molecule has 0 bridgehead atoms. The minimum absolute atomic E-state index is 0.896. The van der Waals surface area contributed by atoms with Gasteiger partial charge in [-0.05, 0) is 74.9 Å². The molecule has 0 saturated heterocycles. The summed E-state index contributed by atoms with van der Waals surface area (Å²) in [6.45, 7) is 13.6. The van der Waals surface area contributed by atoms with Crippen LogP contribution in [0.4, 0.5) is 11.4 Å². The summed E-state index contributed by atoms with van der Waals surface area (Å²) in [5.41, 5.74) is 8.95. The number of pyridine rings is 1. The topological polar surface area (TPSA) is 40.2 Å². The van der Waals surface area contributed by atoms with Crippen molar-refractivity contribution in [2.75, 3.05) is 36.8 Å². The Labute approximate surface area is 194 Å². The maximum absolute atomic E-state index is 4.54. The molecular weight excluding hydrogens is 392 g/mol. The van der Waals surface area contributed by atoms with Crippen molar-refractivity contribution >= 4 is 11.4 Å². The molecule has 0 aliphatic heterocycles.